The molecule has 1 amide bonds. The minimum atomic E-state index is -0.923. The predicted octanol–water partition coefficient (Wildman–Crippen LogP) is 5.29. The molecule has 0 spiro atoms. The minimum Gasteiger partial charge on any atom is -0.503 e. The fraction of sp³-hybridized carbons (Fsp3) is 0.143. The zero-order chi connectivity index (χ0) is 25.8. The van der Waals surface area contributed by atoms with Crippen molar-refractivity contribution in [1.82, 2.24) is 4.98 Å². The summed E-state index contributed by atoms with van der Waals surface area (Å²) in [5.41, 5.74) is 2.75. The van der Waals surface area contributed by atoms with Crippen molar-refractivity contribution in [3.63, 3.8) is 0 Å². The molecule has 182 valence electrons. The van der Waals surface area contributed by atoms with Gasteiger partial charge in [0.1, 0.15) is 11.5 Å². The summed E-state index contributed by atoms with van der Waals surface area (Å²) in [5, 5.41) is 11.0. The lowest BCUT2D eigenvalue weighted by atomic mass is 9.95. The summed E-state index contributed by atoms with van der Waals surface area (Å²) in [6.45, 7) is 7.13. The molecule has 2 aromatic carbocycles. The number of aliphatic hydroxyl groups is 1. The number of ether oxygens (including phenoxy) is 1. The number of allylic oxidation sites excluding steroid dienone is 1. The summed E-state index contributed by atoms with van der Waals surface area (Å²) in [7, 11) is 0. The molecule has 0 radical (unpaired) electrons. The highest BCUT2D eigenvalue weighted by Crippen LogP contribution is 2.43. The summed E-state index contributed by atoms with van der Waals surface area (Å²) in [6, 6.07) is 15.6. The third-order valence-corrected chi connectivity index (χ3v) is 6.74. The maximum Gasteiger partial charge on any atom is 0.350 e. The van der Waals surface area contributed by atoms with E-state index >= 15 is 0 Å². The number of aliphatic hydroxyl groups excluding tert-OH is 1. The average molecular weight is 501 g/mol. The van der Waals surface area contributed by atoms with Crippen LogP contribution in [0.15, 0.2) is 84.7 Å². The number of benzene rings is 2. The highest BCUT2D eigenvalue weighted by Gasteiger charge is 2.45. The van der Waals surface area contributed by atoms with Crippen LogP contribution in [0.1, 0.15) is 38.1 Å². The average Bonchev–Trinajstić information content (AvgIpc) is 3.39. The number of hydrogen-bond donors (Lipinski definition) is 1. The molecule has 0 saturated carbocycles. The first kappa shape index (κ1) is 24.8. The molecule has 1 N–H and O–H groups in total. The molecule has 1 unspecified atom stereocenters. The van der Waals surface area contributed by atoms with E-state index in [1.165, 1.54) is 17.1 Å². The van der Waals surface area contributed by atoms with E-state index in [9.17, 15) is 19.5 Å². The first-order valence-electron chi connectivity index (χ1n) is 11.2. The van der Waals surface area contributed by atoms with Crippen LogP contribution in [0, 0.1) is 13.8 Å². The van der Waals surface area contributed by atoms with E-state index in [1.807, 2.05) is 49.4 Å². The highest BCUT2D eigenvalue weighted by atomic mass is 32.1. The Morgan fingerprint density at radius 3 is 2.50 bits per heavy atom. The molecule has 36 heavy (non-hydrogen) atoms. The van der Waals surface area contributed by atoms with Gasteiger partial charge in [-0.25, -0.2) is 9.78 Å². The number of esters is 1. The van der Waals surface area contributed by atoms with Gasteiger partial charge in [-0.1, -0.05) is 90.2 Å². The Bertz CT molecular complexity index is 1390. The first-order chi connectivity index (χ1) is 17.3. The second-order valence-electron chi connectivity index (χ2n) is 8.16. The van der Waals surface area contributed by atoms with Crippen molar-refractivity contribution in [2.45, 2.75) is 19.9 Å². The summed E-state index contributed by atoms with van der Waals surface area (Å²) in [4.78, 5) is 45.0. The van der Waals surface area contributed by atoms with Gasteiger partial charge in [-0.05, 0) is 31.1 Å². The molecular formula is C28H24N2O5S. The number of carbonyl (C=O) groups is 3. The number of amides is 1. The third-order valence-electron chi connectivity index (χ3n) is 5.60. The number of aryl methyl sites for hydroxylation is 2. The van der Waals surface area contributed by atoms with Gasteiger partial charge in [-0.15, -0.1) is 0 Å². The van der Waals surface area contributed by atoms with Gasteiger partial charge < -0.3 is 9.84 Å². The van der Waals surface area contributed by atoms with Crippen molar-refractivity contribution < 1.29 is 24.2 Å². The van der Waals surface area contributed by atoms with Crippen molar-refractivity contribution in [1.29, 1.82) is 0 Å². The van der Waals surface area contributed by atoms with Gasteiger partial charge in [0, 0.05) is 0 Å². The lowest BCUT2D eigenvalue weighted by Crippen LogP contribution is -2.30. The molecule has 1 aromatic heterocycles. The molecule has 0 fully saturated rings. The van der Waals surface area contributed by atoms with Crippen LogP contribution in [0.4, 0.5) is 5.13 Å². The second-order valence-corrected chi connectivity index (χ2v) is 9.13. The molecule has 1 aliphatic heterocycles. The topological polar surface area (TPSA) is 96.8 Å². The number of anilines is 1. The number of carbonyl (C=O) groups excluding carboxylic acids is 3. The van der Waals surface area contributed by atoms with Crippen molar-refractivity contribution in [3.05, 3.63) is 112 Å². The lowest BCUT2D eigenvalue weighted by molar-refractivity contribution is -0.117. The summed E-state index contributed by atoms with van der Waals surface area (Å²) < 4.78 is 5.13. The Labute approximate surface area is 212 Å². The monoisotopic (exact) mass is 500 g/mol. The zero-order valence-corrected chi connectivity index (χ0v) is 20.6. The number of rotatable bonds is 8. The van der Waals surface area contributed by atoms with Crippen LogP contribution in [0.5, 0.6) is 0 Å². The van der Waals surface area contributed by atoms with E-state index in [0.29, 0.717) is 11.3 Å². The smallest absolute Gasteiger partial charge is 0.350 e. The van der Waals surface area contributed by atoms with Crippen molar-refractivity contribution in [3.8, 4) is 0 Å². The fourth-order valence-corrected chi connectivity index (χ4v) is 4.81. The summed E-state index contributed by atoms with van der Waals surface area (Å²) in [5.74, 6) is -2.51. The minimum absolute atomic E-state index is 0.0366. The highest BCUT2D eigenvalue weighted by molar-refractivity contribution is 7.17. The molecule has 0 bridgehead atoms. The van der Waals surface area contributed by atoms with E-state index in [2.05, 4.69) is 11.6 Å². The van der Waals surface area contributed by atoms with Gasteiger partial charge in [0.25, 0.3) is 5.91 Å². The van der Waals surface area contributed by atoms with E-state index < -0.39 is 29.5 Å². The zero-order valence-electron chi connectivity index (χ0n) is 19.8. The summed E-state index contributed by atoms with van der Waals surface area (Å²) >= 11 is 0.965. The molecule has 3 aromatic rings. The summed E-state index contributed by atoms with van der Waals surface area (Å²) in [6.07, 6.45) is 4.42. The quantitative estimate of drug-likeness (QED) is 0.257. The van der Waals surface area contributed by atoms with E-state index in [4.69, 9.17) is 4.74 Å². The largest absolute Gasteiger partial charge is 0.503 e. The Morgan fingerprint density at radius 2 is 1.83 bits per heavy atom. The SMILES string of the molecule is C=CCOC(=O)c1sc(N2C(=O)C(O)=C(C(=O)C=Cc3ccccc3)C2c2ccc(C)cc2)nc1C. The van der Waals surface area contributed by atoms with Crippen LogP contribution >= 0.6 is 11.3 Å². The second kappa shape index (κ2) is 10.5. The van der Waals surface area contributed by atoms with Gasteiger partial charge >= 0.3 is 5.97 Å². The van der Waals surface area contributed by atoms with Crippen molar-refractivity contribution >= 4 is 40.2 Å². The maximum absolute atomic E-state index is 13.3. The van der Waals surface area contributed by atoms with Gasteiger partial charge in [0.05, 0.1) is 17.3 Å². The van der Waals surface area contributed by atoms with Gasteiger partial charge in [0.15, 0.2) is 16.7 Å². The van der Waals surface area contributed by atoms with Crippen LogP contribution in [0.3, 0.4) is 0 Å². The first-order valence-corrected chi connectivity index (χ1v) is 12.0. The lowest BCUT2D eigenvalue weighted by Gasteiger charge is -2.24. The maximum atomic E-state index is 13.3. The van der Waals surface area contributed by atoms with E-state index in [0.717, 1.165) is 22.5 Å². The number of thiazole rings is 1. The van der Waals surface area contributed by atoms with Crippen LogP contribution in [0.2, 0.25) is 0 Å². The molecule has 1 atom stereocenters. The molecule has 2 heterocycles. The number of ketones is 1. The number of nitrogens with zero attached hydrogens (tertiary/aromatic N) is 2. The van der Waals surface area contributed by atoms with Crippen LogP contribution < -0.4 is 4.90 Å². The molecule has 7 nitrogen and oxygen atoms in total. The van der Waals surface area contributed by atoms with Crippen LogP contribution in [-0.4, -0.2) is 34.4 Å². The Balaban J connectivity index is 1.76. The fourth-order valence-electron chi connectivity index (χ4n) is 3.82. The van der Waals surface area contributed by atoms with Crippen LogP contribution in [0.25, 0.3) is 6.08 Å². The molecule has 0 aliphatic carbocycles. The molecule has 0 saturated heterocycles. The van der Waals surface area contributed by atoms with Gasteiger partial charge in [-0.2, -0.15) is 0 Å². The van der Waals surface area contributed by atoms with Crippen molar-refractivity contribution in [2.24, 2.45) is 0 Å². The molecule has 1 aliphatic rings. The van der Waals surface area contributed by atoms with Gasteiger partial charge in [-0.3, -0.25) is 14.5 Å². The Kier molecular flexibility index (Phi) is 7.26. The van der Waals surface area contributed by atoms with Crippen molar-refractivity contribution in [2.75, 3.05) is 11.5 Å². The Morgan fingerprint density at radius 1 is 1.14 bits per heavy atom. The number of aromatic nitrogens is 1. The molecular weight excluding hydrogens is 476 g/mol. The molecule has 8 heteroatoms. The van der Waals surface area contributed by atoms with Gasteiger partial charge in [0.2, 0.25) is 0 Å². The predicted molar refractivity (Wildman–Crippen MR) is 139 cm³/mol. The Hall–Kier alpha value is -4.30. The normalized spacial score (nSPS) is 15.6. The molecule has 4 rings (SSSR count). The van der Waals surface area contributed by atoms with Crippen LogP contribution in [-0.2, 0) is 14.3 Å². The third kappa shape index (κ3) is 4.89. The number of hydrogen-bond acceptors (Lipinski definition) is 7. The van der Waals surface area contributed by atoms with E-state index in [-0.39, 0.29) is 22.2 Å². The van der Waals surface area contributed by atoms with E-state index in [1.54, 1.807) is 25.1 Å². The standard InChI is InChI=1S/C28H24N2O5S/c1-4-16-35-27(34)25-18(3)29-28(36-25)30-23(20-13-10-17(2)11-14-20)22(24(32)26(30)33)21(31)15-12-19-8-6-5-7-9-19/h4-15,23,32H,1,16H2,2-3H3.